The zero-order valence-electron chi connectivity index (χ0n) is 15.2. The molecule has 0 radical (unpaired) electrons. The smallest absolute Gasteiger partial charge is 0.269 e. The summed E-state index contributed by atoms with van der Waals surface area (Å²) in [6.45, 7) is 3.19. The molecule has 1 amide bonds. The van der Waals surface area contributed by atoms with Crippen LogP contribution in [0.4, 0.5) is 5.69 Å². The zero-order valence-corrected chi connectivity index (χ0v) is 15.2. The first-order valence-electron chi connectivity index (χ1n) is 8.28. The number of nitro benzene ring substituents is 1. The van der Waals surface area contributed by atoms with E-state index in [2.05, 4.69) is 5.10 Å². The van der Waals surface area contributed by atoms with Crippen molar-refractivity contribution in [2.75, 3.05) is 7.11 Å². The number of non-ortho nitro benzene ring substituents is 1. The molecule has 27 heavy (non-hydrogen) atoms. The van der Waals surface area contributed by atoms with Gasteiger partial charge in [0.25, 0.3) is 5.69 Å². The van der Waals surface area contributed by atoms with Gasteiger partial charge < -0.3 is 9.47 Å². The van der Waals surface area contributed by atoms with Crippen molar-refractivity contribution in [3.05, 3.63) is 69.8 Å². The van der Waals surface area contributed by atoms with E-state index < -0.39 is 10.6 Å². The third-order valence-electron chi connectivity index (χ3n) is 4.27. The van der Waals surface area contributed by atoms with E-state index in [1.165, 1.54) is 24.1 Å². The Morgan fingerprint density at radius 2 is 1.85 bits per heavy atom. The number of hydrazone groups is 1. The molecule has 2 aromatic carbocycles. The Hall–Kier alpha value is -3.42. The minimum absolute atomic E-state index is 0.0261. The number of hydrogen-bond acceptors (Lipinski definition) is 6. The molecule has 0 fully saturated rings. The van der Waals surface area contributed by atoms with Crippen molar-refractivity contribution in [1.82, 2.24) is 5.01 Å². The lowest BCUT2D eigenvalue weighted by Gasteiger charge is -2.30. The summed E-state index contributed by atoms with van der Waals surface area (Å²) in [4.78, 5) is 22.4. The first-order chi connectivity index (χ1) is 12.8. The molecule has 0 unspecified atom stereocenters. The van der Waals surface area contributed by atoms with Crippen LogP contribution in [0.1, 0.15) is 25.0 Å². The summed E-state index contributed by atoms with van der Waals surface area (Å²) in [6.07, 6.45) is 0.413. The lowest BCUT2D eigenvalue weighted by molar-refractivity contribution is -0.384. The summed E-state index contributed by atoms with van der Waals surface area (Å²) in [5.74, 6) is 0.724. The van der Waals surface area contributed by atoms with Crippen molar-refractivity contribution in [2.45, 2.75) is 26.0 Å². The molecule has 1 aliphatic rings. The number of methoxy groups -OCH3 is 1. The number of amides is 1. The van der Waals surface area contributed by atoms with Gasteiger partial charge in [-0.05, 0) is 36.8 Å². The number of carbonyl (C=O) groups excluding carboxylic acids is 1. The van der Waals surface area contributed by atoms with E-state index in [9.17, 15) is 14.9 Å². The number of nitro groups is 1. The van der Waals surface area contributed by atoms with Gasteiger partial charge in [-0.25, -0.2) is 0 Å². The summed E-state index contributed by atoms with van der Waals surface area (Å²) < 4.78 is 11.2. The molecule has 0 aliphatic carbocycles. The SMILES string of the molecule is COc1ccc(C[C@]2(C)OC(c3ccc([N+](=O)[O-])cc3)=NN2C(C)=O)cc1. The van der Waals surface area contributed by atoms with Crippen LogP contribution in [0.2, 0.25) is 0 Å². The maximum atomic E-state index is 12.1. The highest BCUT2D eigenvalue weighted by Crippen LogP contribution is 2.31. The average Bonchev–Trinajstić information content (AvgIpc) is 3.00. The fraction of sp³-hybridized carbons (Fsp3) is 0.263. The van der Waals surface area contributed by atoms with Crippen molar-refractivity contribution in [3.63, 3.8) is 0 Å². The molecule has 0 spiro atoms. The number of carbonyl (C=O) groups is 1. The highest BCUT2D eigenvalue weighted by atomic mass is 16.6. The van der Waals surface area contributed by atoms with Crippen molar-refractivity contribution in [1.29, 1.82) is 0 Å². The minimum Gasteiger partial charge on any atom is -0.497 e. The van der Waals surface area contributed by atoms with Gasteiger partial charge >= 0.3 is 0 Å². The Morgan fingerprint density at radius 1 is 1.22 bits per heavy atom. The molecule has 2 aromatic rings. The van der Waals surface area contributed by atoms with Crippen LogP contribution < -0.4 is 4.74 Å². The number of hydrogen-bond donors (Lipinski definition) is 0. The van der Waals surface area contributed by atoms with Crippen LogP contribution in [0.25, 0.3) is 0 Å². The lowest BCUT2D eigenvalue weighted by atomic mass is 10.0. The predicted molar refractivity (Wildman–Crippen MR) is 98.3 cm³/mol. The Balaban J connectivity index is 1.86. The molecular formula is C19H19N3O5. The van der Waals surface area contributed by atoms with Gasteiger partial charge in [-0.3, -0.25) is 14.9 Å². The zero-order chi connectivity index (χ0) is 19.6. The van der Waals surface area contributed by atoms with Gasteiger partial charge in [0.15, 0.2) is 0 Å². The normalized spacial score (nSPS) is 18.6. The molecule has 8 heteroatoms. The van der Waals surface area contributed by atoms with Crippen molar-refractivity contribution >= 4 is 17.5 Å². The summed E-state index contributed by atoms with van der Waals surface area (Å²) in [5, 5.41) is 16.4. The molecule has 0 saturated heterocycles. The van der Waals surface area contributed by atoms with E-state index >= 15 is 0 Å². The molecule has 0 saturated carbocycles. The number of benzene rings is 2. The van der Waals surface area contributed by atoms with Crippen molar-refractivity contribution in [2.24, 2.45) is 5.10 Å². The number of nitrogens with zero attached hydrogens (tertiary/aromatic N) is 3. The van der Waals surface area contributed by atoms with Gasteiger partial charge in [-0.15, -0.1) is 5.10 Å². The maximum Gasteiger partial charge on any atom is 0.269 e. The second-order valence-electron chi connectivity index (χ2n) is 6.34. The van der Waals surface area contributed by atoms with Gasteiger partial charge in [0.05, 0.1) is 12.0 Å². The van der Waals surface area contributed by atoms with Crippen LogP contribution in [-0.2, 0) is 16.0 Å². The van der Waals surface area contributed by atoms with Gasteiger partial charge in [0.1, 0.15) is 5.75 Å². The van der Waals surface area contributed by atoms with Gasteiger partial charge in [0, 0.05) is 31.0 Å². The van der Waals surface area contributed by atoms with Gasteiger partial charge in [-0.2, -0.15) is 5.01 Å². The molecule has 3 rings (SSSR count). The van der Waals surface area contributed by atoms with E-state index in [-0.39, 0.29) is 17.5 Å². The molecule has 1 aliphatic heterocycles. The van der Waals surface area contributed by atoms with E-state index in [4.69, 9.17) is 9.47 Å². The summed E-state index contributed by atoms with van der Waals surface area (Å²) in [6, 6.07) is 13.3. The highest BCUT2D eigenvalue weighted by molar-refractivity contribution is 5.96. The minimum atomic E-state index is -1.00. The second kappa shape index (κ2) is 7.06. The molecule has 140 valence electrons. The first kappa shape index (κ1) is 18.4. The molecule has 1 atom stereocenters. The molecule has 0 bridgehead atoms. The Labute approximate surface area is 156 Å². The second-order valence-corrected chi connectivity index (χ2v) is 6.34. The lowest BCUT2D eigenvalue weighted by Crippen LogP contribution is -2.45. The van der Waals surface area contributed by atoms with Crippen molar-refractivity contribution in [3.8, 4) is 5.75 Å². The topological polar surface area (TPSA) is 94.3 Å². The third-order valence-corrected chi connectivity index (χ3v) is 4.27. The van der Waals surface area contributed by atoms with Gasteiger partial charge in [-0.1, -0.05) is 12.1 Å². The van der Waals surface area contributed by atoms with Crippen LogP contribution in [-0.4, -0.2) is 34.6 Å². The predicted octanol–water partition coefficient (Wildman–Crippen LogP) is 3.10. The molecule has 0 aromatic heterocycles. The average molecular weight is 369 g/mol. The van der Waals surface area contributed by atoms with E-state index in [1.54, 1.807) is 26.2 Å². The largest absolute Gasteiger partial charge is 0.497 e. The van der Waals surface area contributed by atoms with Crippen molar-refractivity contribution < 1.29 is 19.2 Å². The molecule has 1 heterocycles. The van der Waals surface area contributed by atoms with E-state index in [1.807, 2.05) is 24.3 Å². The third kappa shape index (κ3) is 3.74. The first-order valence-corrected chi connectivity index (χ1v) is 8.28. The number of ether oxygens (including phenoxy) is 2. The van der Waals surface area contributed by atoms with Crippen LogP contribution in [0, 0.1) is 10.1 Å². The maximum absolute atomic E-state index is 12.1. The number of rotatable bonds is 5. The fourth-order valence-electron chi connectivity index (χ4n) is 2.95. The fourth-order valence-corrected chi connectivity index (χ4v) is 2.95. The summed E-state index contributed by atoms with van der Waals surface area (Å²) >= 11 is 0. The van der Waals surface area contributed by atoms with Crippen LogP contribution >= 0.6 is 0 Å². The standard InChI is InChI=1S/C19H19N3O5/c1-13(23)21-19(2,12-14-4-10-17(26-3)11-5-14)27-18(20-21)15-6-8-16(9-7-15)22(24)25/h4-11H,12H2,1-3H3/t19-/m0/s1. The quantitative estimate of drug-likeness (QED) is 0.596. The van der Waals surface area contributed by atoms with E-state index in [0.717, 1.165) is 11.3 Å². The van der Waals surface area contributed by atoms with E-state index in [0.29, 0.717) is 12.0 Å². The van der Waals surface area contributed by atoms with Crippen LogP contribution in [0.3, 0.4) is 0 Å². The Kier molecular flexibility index (Phi) is 4.81. The van der Waals surface area contributed by atoms with Crippen LogP contribution in [0.5, 0.6) is 5.75 Å². The highest BCUT2D eigenvalue weighted by Gasteiger charge is 2.43. The summed E-state index contributed by atoms with van der Waals surface area (Å²) in [7, 11) is 1.60. The molecule has 0 N–H and O–H groups in total. The Morgan fingerprint density at radius 3 is 2.37 bits per heavy atom. The van der Waals surface area contributed by atoms with Crippen LogP contribution in [0.15, 0.2) is 53.6 Å². The van der Waals surface area contributed by atoms with Gasteiger partial charge in [0.2, 0.25) is 17.5 Å². The monoisotopic (exact) mass is 369 g/mol. The summed E-state index contributed by atoms with van der Waals surface area (Å²) in [5.41, 5.74) is 0.481. The molecular weight excluding hydrogens is 350 g/mol. The molecule has 8 nitrogen and oxygen atoms in total. The Bertz CT molecular complexity index is 893.